The SMILES string of the molecule is CC(=O)O/N=C(/C)c1ccc(N(c2ccc(C(=O)c3ccccc3)cc2)c2cn(/C(C)=C/[I-]OC(C)=O)c3ccsc23)cc1. The van der Waals surface area contributed by atoms with Gasteiger partial charge in [-0.2, -0.15) is 0 Å². The second kappa shape index (κ2) is 13.8. The molecule has 3 aromatic carbocycles. The summed E-state index contributed by atoms with van der Waals surface area (Å²) in [6, 6.07) is 26.7. The monoisotopic (exact) mass is 718 g/mol. The number of rotatable bonds is 10. The van der Waals surface area contributed by atoms with Crippen molar-refractivity contribution in [1.29, 1.82) is 0 Å². The van der Waals surface area contributed by atoms with Crippen molar-refractivity contribution >= 4 is 67.7 Å². The first-order valence-electron chi connectivity index (χ1n) is 13.6. The first kappa shape index (κ1) is 30.9. The second-order valence-electron chi connectivity index (χ2n) is 9.81. The molecule has 2 aromatic heterocycles. The van der Waals surface area contributed by atoms with E-state index < -0.39 is 27.6 Å². The van der Waals surface area contributed by atoms with Crippen LogP contribution >= 0.6 is 11.3 Å². The molecule has 0 N–H and O–H groups in total. The molecule has 0 bridgehead atoms. The van der Waals surface area contributed by atoms with Crippen LogP contribution in [0.3, 0.4) is 0 Å². The van der Waals surface area contributed by atoms with Gasteiger partial charge in [0.05, 0.1) is 0 Å². The van der Waals surface area contributed by atoms with Crippen LogP contribution in [0.2, 0.25) is 0 Å². The molecular weight excluding hydrogens is 689 g/mol. The summed E-state index contributed by atoms with van der Waals surface area (Å²) in [6.45, 7) is 6.50. The van der Waals surface area contributed by atoms with Gasteiger partial charge in [0, 0.05) is 6.92 Å². The van der Waals surface area contributed by atoms with E-state index in [1.165, 1.54) is 13.8 Å². The van der Waals surface area contributed by atoms with E-state index in [1.54, 1.807) is 18.3 Å². The quantitative estimate of drug-likeness (QED) is 0.0659. The van der Waals surface area contributed by atoms with Crippen molar-refractivity contribution < 1.29 is 43.9 Å². The maximum absolute atomic E-state index is 13.1. The van der Waals surface area contributed by atoms with Crippen LogP contribution in [0.15, 0.2) is 106 Å². The summed E-state index contributed by atoms with van der Waals surface area (Å²) < 4.78 is 10.4. The normalized spacial score (nSPS) is 11.9. The fourth-order valence-corrected chi connectivity index (χ4v) is 6.61. The molecule has 0 aliphatic carbocycles. The van der Waals surface area contributed by atoms with Gasteiger partial charge < -0.3 is 4.84 Å². The number of anilines is 3. The molecule has 0 saturated heterocycles. The third-order valence-corrected chi connectivity index (χ3v) is 9.60. The van der Waals surface area contributed by atoms with Crippen molar-refractivity contribution in [2.45, 2.75) is 27.7 Å². The number of carbonyl (C=O) groups excluding carboxylic acids is 3. The van der Waals surface area contributed by atoms with Gasteiger partial charge in [-0.05, 0) is 0 Å². The van der Waals surface area contributed by atoms with Crippen molar-refractivity contribution in [2.24, 2.45) is 5.16 Å². The first-order valence-corrected chi connectivity index (χ1v) is 16.6. The van der Waals surface area contributed by atoms with Gasteiger partial charge in [-0.25, -0.2) is 4.79 Å². The van der Waals surface area contributed by atoms with Crippen LogP contribution in [-0.4, -0.2) is 28.0 Å². The van der Waals surface area contributed by atoms with Crippen LogP contribution in [0.1, 0.15) is 49.2 Å². The maximum atomic E-state index is 13.1. The Morgan fingerprint density at radius 2 is 1.41 bits per heavy atom. The molecule has 10 heteroatoms. The summed E-state index contributed by atoms with van der Waals surface area (Å²) in [5.74, 6) is -0.808. The molecule has 5 rings (SSSR count). The first-order chi connectivity index (χ1) is 21.2. The Kier molecular flexibility index (Phi) is 9.71. The van der Waals surface area contributed by atoms with E-state index in [2.05, 4.69) is 32.3 Å². The molecule has 224 valence electrons. The van der Waals surface area contributed by atoms with Crippen molar-refractivity contribution in [2.75, 3.05) is 4.90 Å². The molecule has 0 unspecified atom stereocenters. The Morgan fingerprint density at radius 1 is 0.795 bits per heavy atom. The van der Waals surface area contributed by atoms with E-state index in [4.69, 9.17) is 7.90 Å². The van der Waals surface area contributed by atoms with Gasteiger partial charge in [0.15, 0.2) is 0 Å². The zero-order chi connectivity index (χ0) is 31.2. The average molecular weight is 719 g/mol. The van der Waals surface area contributed by atoms with Gasteiger partial charge in [-0.3, -0.25) is 0 Å². The predicted octanol–water partition coefficient (Wildman–Crippen LogP) is 5.08. The van der Waals surface area contributed by atoms with Crippen LogP contribution in [0.5, 0.6) is 0 Å². The van der Waals surface area contributed by atoms with Crippen LogP contribution in [0.4, 0.5) is 17.1 Å². The number of allylic oxidation sites excluding steroid dienone is 1. The summed E-state index contributed by atoms with van der Waals surface area (Å²) in [7, 11) is 0. The molecule has 0 fully saturated rings. The Balaban J connectivity index is 1.58. The van der Waals surface area contributed by atoms with Gasteiger partial charge in [-0.15, -0.1) is 0 Å². The minimum atomic E-state index is -0.884. The molecule has 2 heterocycles. The third kappa shape index (κ3) is 6.98. The molecule has 0 amide bonds. The van der Waals surface area contributed by atoms with Crippen molar-refractivity contribution in [3.63, 3.8) is 0 Å². The van der Waals surface area contributed by atoms with Gasteiger partial charge in [0.25, 0.3) is 0 Å². The van der Waals surface area contributed by atoms with E-state index in [1.807, 2.05) is 89.9 Å². The van der Waals surface area contributed by atoms with Crippen LogP contribution in [-0.2, 0) is 17.5 Å². The van der Waals surface area contributed by atoms with E-state index in [0.717, 1.165) is 38.5 Å². The molecule has 0 aliphatic rings. The number of benzene rings is 3. The number of hydrogen-bond acceptors (Lipinski definition) is 8. The number of aromatic nitrogens is 1. The summed E-state index contributed by atoms with van der Waals surface area (Å²) in [6.07, 6.45) is 2.08. The molecule has 8 nitrogen and oxygen atoms in total. The molecule has 44 heavy (non-hydrogen) atoms. The van der Waals surface area contributed by atoms with E-state index >= 15 is 0 Å². The molecule has 0 aliphatic heterocycles. The number of oxime groups is 1. The number of fused-ring (bicyclic) bond motifs is 1. The fourth-order valence-electron chi connectivity index (χ4n) is 4.57. The molecule has 0 saturated carbocycles. The fraction of sp³-hybridized carbons (Fsp3) is 0.118. The molecule has 0 spiro atoms. The summed E-state index contributed by atoms with van der Waals surface area (Å²) in [5, 5.41) is 5.97. The molecule has 0 radical (unpaired) electrons. The predicted molar refractivity (Wildman–Crippen MR) is 170 cm³/mol. The average Bonchev–Trinajstić information content (AvgIpc) is 3.64. The summed E-state index contributed by atoms with van der Waals surface area (Å²) >= 11 is 0.749. The Morgan fingerprint density at radius 3 is 2.02 bits per heavy atom. The van der Waals surface area contributed by atoms with E-state index in [0.29, 0.717) is 16.8 Å². The van der Waals surface area contributed by atoms with Crippen LogP contribution in [0, 0.1) is 0 Å². The number of thiophene rings is 1. The van der Waals surface area contributed by atoms with Crippen molar-refractivity contribution in [1.82, 2.24) is 4.57 Å². The topological polar surface area (TPSA) is 90.2 Å². The van der Waals surface area contributed by atoms with E-state index in [9.17, 15) is 14.4 Å². The Bertz CT molecular complexity index is 1870. The number of nitrogens with zero attached hydrogens (tertiary/aromatic N) is 3. The van der Waals surface area contributed by atoms with Gasteiger partial charge >= 0.3 is 224 Å². The number of halogens is 1. The molecular formula is C34H29IN3O5S-. The van der Waals surface area contributed by atoms with Gasteiger partial charge in [0.1, 0.15) is 0 Å². The zero-order valence-electron chi connectivity index (χ0n) is 24.5. The number of hydrogen-bond donors (Lipinski definition) is 0. The van der Waals surface area contributed by atoms with Gasteiger partial charge in [-0.1, -0.05) is 30.3 Å². The zero-order valence-corrected chi connectivity index (χ0v) is 27.5. The van der Waals surface area contributed by atoms with Gasteiger partial charge in [0.2, 0.25) is 0 Å². The number of carbonyl (C=O) groups is 3. The number of ketones is 1. The molecule has 5 aromatic rings. The standard InChI is InChI=1S/C34H29IN3O5S/c1-22(20-35-42-24(3)39)37-21-32(34-31(37)18-19-44-34)38(29-14-10-26(11-15-29)23(2)36-43-25(4)40)30-16-12-28(13-17-30)33(41)27-8-6-5-7-9-27/h5-21H,1-4H3/q-1/b22-20+,36-23-. The summed E-state index contributed by atoms with van der Waals surface area (Å²) in [5.41, 5.74) is 7.32. The van der Waals surface area contributed by atoms with Crippen LogP contribution < -0.4 is 26.5 Å². The Labute approximate surface area is 270 Å². The summed E-state index contributed by atoms with van der Waals surface area (Å²) in [4.78, 5) is 42.6. The van der Waals surface area contributed by atoms with E-state index in [-0.39, 0.29) is 11.8 Å². The Hall–Kier alpha value is -4.55. The second-order valence-corrected chi connectivity index (χ2v) is 12.3. The van der Waals surface area contributed by atoms with Crippen LogP contribution in [0.25, 0.3) is 15.9 Å². The minimum absolute atomic E-state index is 0.0424. The van der Waals surface area contributed by atoms with Crippen molar-refractivity contribution in [3.05, 3.63) is 117 Å². The third-order valence-electron chi connectivity index (χ3n) is 6.64. The molecule has 0 atom stereocenters. The van der Waals surface area contributed by atoms with Crippen molar-refractivity contribution in [3.8, 4) is 0 Å².